The zero-order valence-electron chi connectivity index (χ0n) is 10.3. The molecular weight excluding hydrogens is 294 g/mol. The molecule has 3 nitrogen and oxygen atoms in total. The van der Waals surface area contributed by atoms with E-state index in [2.05, 4.69) is 22.0 Å². The van der Waals surface area contributed by atoms with E-state index in [1.54, 1.807) is 0 Å². The van der Waals surface area contributed by atoms with Crippen LogP contribution in [-0.4, -0.2) is 19.3 Å². The molecule has 0 spiro atoms. The lowest BCUT2D eigenvalue weighted by Crippen LogP contribution is -2.38. The zero-order valence-corrected chi connectivity index (χ0v) is 11.9. The molecule has 2 N–H and O–H groups in total. The molecule has 3 atom stereocenters. The van der Waals surface area contributed by atoms with Crippen LogP contribution >= 0.6 is 15.9 Å². The molecular formula is C14H18BrNO2. The molecule has 0 radical (unpaired) electrons. The third-order valence-corrected chi connectivity index (χ3v) is 4.35. The molecule has 4 heteroatoms. The highest BCUT2D eigenvalue weighted by molar-refractivity contribution is 9.10. The topological polar surface area (TPSA) is 44.5 Å². The number of nitrogens with two attached hydrogens (primary N) is 1. The molecule has 1 aromatic carbocycles. The first kappa shape index (κ1) is 12.5. The average molecular weight is 312 g/mol. The summed E-state index contributed by atoms with van der Waals surface area (Å²) in [6.45, 7) is 1.70. The molecule has 0 amide bonds. The summed E-state index contributed by atoms with van der Waals surface area (Å²) < 4.78 is 12.7. The van der Waals surface area contributed by atoms with E-state index in [0.29, 0.717) is 5.92 Å². The van der Waals surface area contributed by atoms with Gasteiger partial charge in [0.25, 0.3) is 0 Å². The van der Waals surface area contributed by atoms with Crippen molar-refractivity contribution in [1.29, 1.82) is 0 Å². The van der Waals surface area contributed by atoms with Gasteiger partial charge in [0.15, 0.2) is 0 Å². The van der Waals surface area contributed by atoms with Crippen molar-refractivity contribution in [2.75, 3.05) is 13.2 Å². The van der Waals surface area contributed by atoms with Gasteiger partial charge in [-0.2, -0.15) is 0 Å². The highest BCUT2D eigenvalue weighted by Crippen LogP contribution is 2.38. The lowest BCUT2D eigenvalue weighted by molar-refractivity contribution is -0.00924. The van der Waals surface area contributed by atoms with Crippen LogP contribution in [0.15, 0.2) is 22.7 Å². The van der Waals surface area contributed by atoms with E-state index < -0.39 is 0 Å². The molecule has 1 saturated heterocycles. The third-order valence-electron chi connectivity index (χ3n) is 3.86. The summed E-state index contributed by atoms with van der Waals surface area (Å²) in [5, 5.41) is 0. The number of hydrogen-bond acceptors (Lipinski definition) is 3. The van der Waals surface area contributed by atoms with Gasteiger partial charge >= 0.3 is 0 Å². The van der Waals surface area contributed by atoms with E-state index >= 15 is 0 Å². The second-order valence-electron chi connectivity index (χ2n) is 5.16. The summed E-state index contributed by atoms with van der Waals surface area (Å²) in [5.41, 5.74) is 7.38. The van der Waals surface area contributed by atoms with Crippen LogP contribution in [-0.2, 0) is 4.74 Å². The smallest absolute Gasteiger partial charge is 0.124 e. The van der Waals surface area contributed by atoms with Gasteiger partial charge in [0, 0.05) is 35.0 Å². The second-order valence-corrected chi connectivity index (χ2v) is 6.07. The Labute approximate surface area is 116 Å². The van der Waals surface area contributed by atoms with Crippen molar-refractivity contribution in [3.63, 3.8) is 0 Å². The minimum absolute atomic E-state index is 0.0678. The summed E-state index contributed by atoms with van der Waals surface area (Å²) in [6.07, 6.45) is 3.40. The standard InChI is InChI=1S/C14H18BrNO2/c15-10-3-4-13-11(6-10)12(16)7-14(18-13)9-2-1-5-17-8-9/h3-4,6,9,12,14H,1-2,5,7-8,16H2/t9?,12-,14?/m1/s1. The first-order chi connectivity index (χ1) is 8.74. The van der Waals surface area contributed by atoms with E-state index in [4.69, 9.17) is 15.2 Å². The zero-order chi connectivity index (χ0) is 12.5. The number of benzene rings is 1. The van der Waals surface area contributed by atoms with Crippen LogP contribution in [0.3, 0.4) is 0 Å². The first-order valence-electron chi connectivity index (χ1n) is 6.53. The van der Waals surface area contributed by atoms with E-state index in [9.17, 15) is 0 Å². The molecule has 0 aliphatic carbocycles. The highest BCUT2D eigenvalue weighted by Gasteiger charge is 2.32. The Bertz CT molecular complexity index is 432. The molecule has 0 aromatic heterocycles. The van der Waals surface area contributed by atoms with Gasteiger partial charge in [0.05, 0.1) is 6.61 Å². The van der Waals surface area contributed by atoms with Crippen molar-refractivity contribution in [2.45, 2.75) is 31.4 Å². The predicted octanol–water partition coefficient (Wildman–Crippen LogP) is 3.03. The molecule has 1 fully saturated rings. The maximum Gasteiger partial charge on any atom is 0.124 e. The van der Waals surface area contributed by atoms with E-state index in [1.165, 1.54) is 6.42 Å². The Morgan fingerprint density at radius 1 is 1.33 bits per heavy atom. The molecule has 98 valence electrons. The van der Waals surface area contributed by atoms with E-state index in [-0.39, 0.29) is 12.1 Å². The third kappa shape index (κ3) is 2.42. The fourth-order valence-corrected chi connectivity index (χ4v) is 3.23. The summed E-state index contributed by atoms with van der Waals surface area (Å²) in [7, 11) is 0. The summed E-state index contributed by atoms with van der Waals surface area (Å²) in [6, 6.07) is 6.15. The fraction of sp³-hybridized carbons (Fsp3) is 0.571. The number of ether oxygens (including phenoxy) is 2. The van der Waals surface area contributed by atoms with Gasteiger partial charge in [0.1, 0.15) is 11.9 Å². The van der Waals surface area contributed by atoms with Crippen LogP contribution < -0.4 is 10.5 Å². The summed E-state index contributed by atoms with van der Waals surface area (Å²) in [4.78, 5) is 0. The van der Waals surface area contributed by atoms with Crippen molar-refractivity contribution in [3.05, 3.63) is 28.2 Å². The molecule has 3 rings (SSSR count). The molecule has 2 unspecified atom stereocenters. The van der Waals surface area contributed by atoms with Crippen molar-refractivity contribution >= 4 is 15.9 Å². The molecule has 2 heterocycles. The monoisotopic (exact) mass is 311 g/mol. The van der Waals surface area contributed by atoms with Crippen LogP contribution in [0, 0.1) is 5.92 Å². The average Bonchev–Trinajstić information content (AvgIpc) is 2.40. The number of fused-ring (bicyclic) bond motifs is 1. The first-order valence-corrected chi connectivity index (χ1v) is 7.33. The van der Waals surface area contributed by atoms with Gasteiger partial charge in [-0.25, -0.2) is 0 Å². The Kier molecular flexibility index (Phi) is 3.59. The minimum Gasteiger partial charge on any atom is -0.490 e. The van der Waals surface area contributed by atoms with Crippen molar-refractivity contribution in [2.24, 2.45) is 11.7 Å². The van der Waals surface area contributed by atoms with Crippen LogP contribution in [0.1, 0.15) is 30.9 Å². The molecule has 0 saturated carbocycles. The predicted molar refractivity (Wildman–Crippen MR) is 73.6 cm³/mol. The van der Waals surface area contributed by atoms with Crippen LogP contribution in [0.25, 0.3) is 0 Å². The second kappa shape index (κ2) is 5.19. The van der Waals surface area contributed by atoms with Gasteiger partial charge in [0.2, 0.25) is 0 Å². The molecule has 18 heavy (non-hydrogen) atoms. The van der Waals surface area contributed by atoms with Crippen molar-refractivity contribution in [1.82, 2.24) is 0 Å². The quantitative estimate of drug-likeness (QED) is 0.867. The maximum atomic E-state index is 6.27. The highest BCUT2D eigenvalue weighted by atomic mass is 79.9. The molecule has 2 aliphatic heterocycles. The number of halogens is 1. The van der Waals surface area contributed by atoms with Gasteiger partial charge in [-0.15, -0.1) is 0 Å². The molecule has 1 aromatic rings. The fourth-order valence-electron chi connectivity index (χ4n) is 2.85. The lowest BCUT2D eigenvalue weighted by Gasteiger charge is -2.36. The van der Waals surface area contributed by atoms with E-state index in [0.717, 1.165) is 41.8 Å². The molecule has 2 aliphatic rings. The molecule has 0 bridgehead atoms. The normalized spacial score (nSPS) is 31.6. The lowest BCUT2D eigenvalue weighted by atomic mass is 9.87. The summed E-state index contributed by atoms with van der Waals surface area (Å²) >= 11 is 3.48. The van der Waals surface area contributed by atoms with Crippen molar-refractivity contribution in [3.8, 4) is 5.75 Å². The van der Waals surface area contributed by atoms with Gasteiger partial charge < -0.3 is 15.2 Å². The Morgan fingerprint density at radius 3 is 3.00 bits per heavy atom. The minimum atomic E-state index is 0.0678. The van der Waals surface area contributed by atoms with Crippen molar-refractivity contribution < 1.29 is 9.47 Å². The van der Waals surface area contributed by atoms with Crippen LogP contribution in [0.5, 0.6) is 5.75 Å². The largest absolute Gasteiger partial charge is 0.490 e. The van der Waals surface area contributed by atoms with Crippen LogP contribution in [0.2, 0.25) is 0 Å². The SMILES string of the molecule is N[C@@H]1CC(C2CCCOC2)Oc2ccc(Br)cc21. The van der Waals surface area contributed by atoms with Gasteiger partial charge in [-0.1, -0.05) is 15.9 Å². The Balaban J connectivity index is 1.80. The van der Waals surface area contributed by atoms with Gasteiger partial charge in [-0.05, 0) is 31.0 Å². The Morgan fingerprint density at radius 2 is 2.22 bits per heavy atom. The van der Waals surface area contributed by atoms with E-state index in [1.807, 2.05) is 12.1 Å². The number of rotatable bonds is 1. The van der Waals surface area contributed by atoms with Crippen LogP contribution in [0.4, 0.5) is 0 Å². The maximum absolute atomic E-state index is 6.27. The summed E-state index contributed by atoms with van der Waals surface area (Å²) in [5.74, 6) is 1.43. The number of hydrogen-bond donors (Lipinski definition) is 1. The Hall–Kier alpha value is -0.580. The van der Waals surface area contributed by atoms with Gasteiger partial charge in [-0.3, -0.25) is 0 Å².